The first-order chi connectivity index (χ1) is 13.4. The fraction of sp³-hybridized carbons (Fsp3) is 0.238. The van der Waals surface area contributed by atoms with E-state index in [4.69, 9.17) is 11.6 Å². The first-order valence-electron chi connectivity index (χ1n) is 8.90. The third-order valence-electron chi connectivity index (χ3n) is 4.33. The number of H-pyrrole nitrogens is 1. The fourth-order valence-electron chi connectivity index (χ4n) is 2.88. The summed E-state index contributed by atoms with van der Waals surface area (Å²) in [7, 11) is 3.92. The third kappa shape index (κ3) is 4.40. The van der Waals surface area contributed by atoms with Gasteiger partial charge in [-0.2, -0.15) is 0 Å². The number of nitrogens with zero attached hydrogens (tertiary/aromatic N) is 3. The molecule has 1 heterocycles. The van der Waals surface area contributed by atoms with Crippen molar-refractivity contribution >= 4 is 17.3 Å². The van der Waals surface area contributed by atoms with E-state index in [1.807, 2.05) is 25.9 Å². The summed E-state index contributed by atoms with van der Waals surface area (Å²) in [4.78, 5) is 19.9. The Morgan fingerprint density at radius 1 is 1.14 bits per heavy atom. The molecule has 2 aromatic carbocycles. The van der Waals surface area contributed by atoms with Crippen LogP contribution in [0.2, 0.25) is 5.02 Å². The molecule has 0 atom stereocenters. The summed E-state index contributed by atoms with van der Waals surface area (Å²) in [6.45, 7) is 3.08. The molecule has 28 heavy (non-hydrogen) atoms. The molecule has 0 spiro atoms. The van der Waals surface area contributed by atoms with Crippen molar-refractivity contribution in [2.75, 3.05) is 27.2 Å². The maximum atomic E-state index is 13.4. The van der Waals surface area contributed by atoms with Crippen LogP contribution >= 0.6 is 11.6 Å². The highest BCUT2D eigenvalue weighted by Crippen LogP contribution is 2.16. The average molecular weight is 401 g/mol. The zero-order valence-electron chi connectivity index (χ0n) is 16.0. The summed E-state index contributed by atoms with van der Waals surface area (Å²) in [5.41, 5.74) is 2.87. The normalized spacial score (nSPS) is 12.0. The van der Waals surface area contributed by atoms with E-state index in [0.29, 0.717) is 39.8 Å². The van der Waals surface area contributed by atoms with Crippen LogP contribution in [-0.2, 0) is 0 Å². The number of aryl methyl sites for hydroxylation is 1. The number of likely N-dealkylation sites (N-methyl/N-ethyl adjacent to an activating group) is 1. The molecule has 0 unspecified atom stereocenters. The van der Waals surface area contributed by atoms with Crippen LogP contribution < -0.4 is 5.56 Å². The molecule has 0 fully saturated rings. The number of benzene rings is 2. The number of aliphatic imine (C=N–C) groups is 1. The molecule has 5 nitrogen and oxygen atoms in total. The standard InChI is InChI=1S/C21H22ClFN4O/c1-14-19(21(28)27(25-14)18-10-6-16(22)7-11-18)20(24-12-13-26(2)3)15-4-8-17(23)9-5-15/h4-11,25H,12-13H2,1-3H3. The lowest BCUT2D eigenvalue weighted by molar-refractivity contribution is 0.420. The minimum absolute atomic E-state index is 0.215. The lowest BCUT2D eigenvalue weighted by Crippen LogP contribution is -2.23. The van der Waals surface area contributed by atoms with Crippen LogP contribution in [0.1, 0.15) is 16.8 Å². The van der Waals surface area contributed by atoms with Crippen molar-refractivity contribution < 1.29 is 4.39 Å². The van der Waals surface area contributed by atoms with E-state index in [0.717, 1.165) is 6.54 Å². The maximum absolute atomic E-state index is 13.4. The molecule has 146 valence electrons. The van der Waals surface area contributed by atoms with Gasteiger partial charge in [0.2, 0.25) is 0 Å². The third-order valence-corrected chi connectivity index (χ3v) is 4.58. The van der Waals surface area contributed by atoms with Gasteiger partial charge in [0.15, 0.2) is 0 Å². The molecule has 7 heteroatoms. The van der Waals surface area contributed by atoms with Gasteiger partial charge < -0.3 is 4.90 Å². The molecular formula is C21H22ClFN4O. The van der Waals surface area contributed by atoms with Crippen molar-refractivity contribution in [2.45, 2.75) is 6.92 Å². The van der Waals surface area contributed by atoms with Crippen LogP contribution in [0.25, 0.3) is 5.69 Å². The lowest BCUT2D eigenvalue weighted by atomic mass is 10.0. The van der Waals surface area contributed by atoms with Gasteiger partial charge in [-0.05, 0) is 69.6 Å². The van der Waals surface area contributed by atoms with E-state index in [-0.39, 0.29) is 11.4 Å². The van der Waals surface area contributed by atoms with Crippen LogP contribution in [0.15, 0.2) is 58.3 Å². The van der Waals surface area contributed by atoms with E-state index in [1.54, 1.807) is 36.4 Å². The summed E-state index contributed by atoms with van der Waals surface area (Å²) in [6.07, 6.45) is 0. The van der Waals surface area contributed by atoms with Gasteiger partial charge in [-0.1, -0.05) is 11.6 Å². The van der Waals surface area contributed by atoms with Gasteiger partial charge in [0.25, 0.3) is 5.56 Å². The van der Waals surface area contributed by atoms with E-state index < -0.39 is 0 Å². The number of halogens is 2. The SMILES string of the molecule is Cc1[nH]n(-c2ccc(Cl)cc2)c(=O)c1C(=NCCN(C)C)c1ccc(F)cc1. The number of aromatic nitrogens is 2. The average Bonchev–Trinajstić information content (AvgIpc) is 2.95. The van der Waals surface area contributed by atoms with Gasteiger partial charge in [-0.25, -0.2) is 9.07 Å². The topological polar surface area (TPSA) is 53.4 Å². The Bertz CT molecular complexity index is 1030. The second kappa shape index (κ2) is 8.54. The first kappa shape index (κ1) is 20.0. The van der Waals surface area contributed by atoms with Crippen LogP contribution in [0.5, 0.6) is 0 Å². The number of hydrogen-bond acceptors (Lipinski definition) is 3. The summed E-state index contributed by atoms with van der Waals surface area (Å²) in [5.74, 6) is -0.333. The second-order valence-electron chi connectivity index (χ2n) is 6.77. The maximum Gasteiger partial charge on any atom is 0.280 e. The van der Waals surface area contributed by atoms with Gasteiger partial charge in [0.1, 0.15) is 5.82 Å². The van der Waals surface area contributed by atoms with E-state index in [2.05, 4.69) is 10.1 Å². The second-order valence-corrected chi connectivity index (χ2v) is 7.21. The van der Waals surface area contributed by atoms with Crippen LogP contribution in [0, 0.1) is 12.7 Å². The van der Waals surface area contributed by atoms with Crippen LogP contribution in [0.3, 0.4) is 0 Å². The quantitative estimate of drug-likeness (QED) is 0.642. The van der Waals surface area contributed by atoms with E-state index in [9.17, 15) is 9.18 Å². The summed E-state index contributed by atoms with van der Waals surface area (Å²) < 4.78 is 14.9. The van der Waals surface area contributed by atoms with Gasteiger partial charge in [0.05, 0.1) is 23.5 Å². The largest absolute Gasteiger partial charge is 0.308 e. The van der Waals surface area contributed by atoms with Gasteiger partial charge >= 0.3 is 0 Å². The number of rotatable bonds is 6. The van der Waals surface area contributed by atoms with Crippen LogP contribution in [-0.4, -0.2) is 47.6 Å². The predicted molar refractivity (Wildman–Crippen MR) is 112 cm³/mol. The summed E-state index contributed by atoms with van der Waals surface area (Å²) in [6, 6.07) is 13.0. The Hall–Kier alpha value is -2.70. The number of nitrogens with one attached hydrogen (secondary N) is 1. The highest BCUT2D eigenvalue weighted by molar-refractivity contribution is 6.30. The van der Waals surface area contributed by atoms with Crippen molar-refractivity contribution in [1.29, 1.82) is 0 Å². The minimum Gasteiger partial charge on any atom is -0.308 e. The van der Waals surface area contributed by atoms with Gasteiger partial charge in [0, 0.05) is 22.8 Å². The first-order valence-corrected chi connectivity index (χ1v) is 9.27. The van der Waals surface area contributed by atoms with Crippen molar-refractivity contribution in [3.8, 4) is 5.69 Å². The van der Waals surface area contributed by atoms with Crippen molar-refractivity contribution in [1.82, 2.24) is 14.7 Å². The Morgan fingerprint density at radius 3 is 2.39 bits per heavy atom. The molecule has 0 saturated carbocycles. The molecule has 0 saturated heterocycles. The van der Waals surface area contributed by atoms with Crippen molar-refractivity contribution in [2.24, 2.45) is 4.99 Å². The number of aromatic amines is 1. The molecule has 0 aliphatic heterocycles. The Morgan fingerprint density at radius 2 is 1.79 bits per heavy atom. The number of hydrogen-bond donors (Lipinski definition) is 1. The Balaban J connectivity index is 2.10. The molecule has 1 aromatic heterocycles. The smallest absolute Gasteiger partial charge is 0.280 e. The molecule has 3 rings (SSSR count). The van der Waals surface area contributed by atoms with Crippen molar-refractivity contribution in [3.05, 3.63) is 86.5 Å². The van der Waals surface area contributed by atoms with Gasteiger partial charge in [-0.3, -0.25) is 14.9 Å². The molecule has 1 N–H and O–H groups in total. The van der Waals surface area contributed by atoms with Gasteiger partial charge in [-0.15, -0.1) is 0 Å². The summed E-state index contributed by atoms with van der Waals surface area (Å²) >= 11 is 5.95. The zero-order valence-corrected chi connectivity index (χ0v) is 16.8. The van der Waals surface area contributed by atoms with Crippen LogP contribution in [0.4, 0.5) is 4.39 Å². The molecule has 0 radical (unpaired) electrons. The van der Waals surface area contributed by atoms with E-state index in [1.165, 1.54) is 16.8 Å². The minimum atomic E-state index is -0.333. The molecular weight excluding hydrogens is 379 g/mol. The summed E-state index contributed by atoms with van der Waals surface area (Å²) in [5, 5.41) is 3.70. The highest BCUT2D eigenvalue weighted by atomic mass is 35.5. The predicted octanol–water partition coefficient (Wildman–Crippen LogP) is 3.67. The molecule has 0 aliphatic rings. The lowest BCUT2D eigenvalue weighted by Gasteiger charge is -2.09. The molecule has 0 bridgehead atoms. The molecule has 0 amide bonds. The molecule has 0 aliphatic carbocycles. The van der Waals surface area contributed by atoms with E-state index >= 15 is 0 Å². The highest BCUT2D eigenvalue weighted by Gasteiger charge is 2.19. The van der Waals surface area contributed by atoms with Crippen molar-refractivity contribution in [3.63, 3.8) is 0 Å². The monoisotopic (exact) mass is 400 g/mol. The Labute approximate surface area is 168 Å². The zero-order chi connectivity index (χ0) is 20.3. The Kier molecular flexibility index (Phi) is 6.11. The fourth-order valence-corrected chi connectivity index (χ4v) is 3.01. The molecule has 3 aromatic rings.